The maximum atomic E-state index is 12.3. The summed E-state index contributed by atoms with van der Waals surface area (Å²) < 4.78 is 25.5. The van der Waals surface area contributed by atoms with Gasteiger partial charge in [0.1, 0.15) is 5.84 Å². The van der Waals surface area contributed by atoms with Gasteiger partial charge in [-0.3, -0.25) is 9.79 Å². The topological polar surface area (TPSA) is 82.1 Å². The second kappa shape index (κ2) is 9.71. The molecule has 2 aliphatic rings. The minimum atomic E-state index is -3.21. The lowest BCUT2D eigenvalue weighted by Gasteiger charge is -2.20. The minimum absolute atomic E-state index is 0. The summed E-state index contributed by atoms with van der Waals surface area (Å²) in [4.78, 5) is 18.4. The van der Waals surface area contributed by atoms with Crippen LogP contribution in [0, 0.1) is 0 Å². The predicted octanol–water partition coefficient (Wildman–Crippen LogP) is 1.27. The molecule has 1 N–H and O–H groups in total. The number of amidine groups is 1. The van der Waals surface area contributed by atoms with E-state index in [2.05, 4.69) is 22.4 Å². The molecular weight excluding hydrogens is 400 g/mol. The Hall–Kier alpha value is -1.64. The molecule has 0 unspecified atom stereocenters. The Bertz CT molecular complexity index is 807. The summed E-state index contributed by atoms with van der Waals surface area (Å²) in [5.74, 6) is 0.910. The normalized spacial score (nSPS) is 16.3. The SMILES string of the molecule is CN(CCc1ccc(C2=NCCN2)cc1)C(=O)CCN(C)S(=O)(=O)C1CC1.Cl. The number of sulfonamides is 1. The van der Waals surface area contributed by atoms with E-state index >= 15 is 0 Å². The fraction of sp³-hybridized carbons (Fsp3) is 0.579. The fourth-order valence-corrected chi connectivity index (χ4v) is 4.62. The fourth-order valence-electron chi connectivity index (χ4n) is 3.03. The molecule has 0 spiro atoms. The molecule has 1 saturated carbocycles. The van der Waals surface area contributed by atoms with Crippen molar-refractivity contribution in [1.82, 2.24) is 14.5 Å². The summed E-state index contributed by atoms with van der Waals surface area (Å²) in [7, 11) is 0.123. The molecular formula is C19H29ClN4O3S. The number of hydrogen-bond donors (Lipinski definition) is 1. The van der Waals surface area contributed by atoms with E-state index < -0.39 is 10.0 Å². The molecule has 7 nitrogen and oxygen atoms in total. The average Bonchev–Trinajstić information content (AvgIpc) is 3.40. The molecule has 1 aliphatic carbocycles. The number of amides is 1. The van der Waals surface area contributed by atoms with Crippen LogP contribution in [0.15, 0.2) is 29.3 Å². The van der Waals surface area contributed by atoms with Crippen molar-refractivity contribution in [2.24, 2.45) is 4.99 Å². The number of benzene rings is 1. The number of aliphatic imine (C=N–C) groups is 1. The van der Waals surface area contributed by atoms with Crippen LogP contribution in [0.5, 0.6) is 0 Å². The van der Waals surface area contributed by atoms with Crippen LogP contribution in [0.4, 0.5) is 0 Å². The van der Waals surface area contributed by atoms with Crippen LogP contribution in [0.2, 0.25) is 0 Å². The van der Waals surface area contributed by atoms with Gasteiger partial charge in [0.05, 0.1) is 11.8 Å². The van der Waals surface area contributed by atoms with Crippen molar-refractivity contribution in [3.8, 4) is 0 Å². The molecule has 1 amide bonds. The van der Waals surface area contributed by atoms with Gasteiger partial charge in [-0.25, -0.2) is 12.7 Å². The van der Waals surface area contributed by atoms with E-state index in [-0.39, 0.29) is 36.5 Å². The first-order chi connectivity index (χ1) is 12.9. The molecule has 3 rings (SSSR count). The first-order valence-electron chi connectivity index (χ1n) is 9.44. The molecule has 1 fully saturated rings. The Morgan fingerprint density at radius 1 is 1.18 bits per heavy atom. The molecule has 0 bridgehead atoms. The van der Waals surface area contributed by atoms with Crippen molar-refractivity contribution in [3.05, 3.63) is 35.4 Å². The Morgan fingerprint density at radius 2 is 1.86 bits per heavy atom. The third kappa shape index (κ3) is 5.68. The Labute approximate surface area is 173 Å². The molecule has 1 aliphatic heterocycles. The highest BCUT2D eigenvalue weighted by Gasteiger charge is 2.38. The lowest BCUT2D eigenvalue weighted by molar-refractivity contribution is -0.129. The van der Waals surface area contributed by atoms with Crippen molar-refractivity contribution in [3.63, 3.8) is 0 Å². The zero-order chi connectivity index (χ0) is 19.4. The Balaban J connectivity index is 0.00000280. The third-order valence-corrected chi connectivity index (χ3v) is 7.45. The van der Waals surface area contributed by atoms with Gasteiger partial charge in [0.25, 0.3) is 0 Å². The van der Waals surface area contributed by atoms with Crippen molar-refractivity contribution in [2.75, 3.05) is 40.3 Å². The highest BCUT2D eigenvalue weighted by atomic mass is 35.5. The van der Waals surface area contributed by atoms with E-state index in [1.165, 1.54) is 4.31 Å². The number of nitrogens with one attached hydrogen (secondary N) is 1. The van der Waals surface area contributed by atoms with E-state index in [9.17, 15) is 13.2 Å². The molecule has 0 saturated heterocycles. The maximum absolute atomic E-state index is 12.3. The van der Waals surface area contributed by atoms with Gasteiger partial charge in [0.2, 0.25) is 15.9 Å². The molecule has 1 aromatic carbocycles. The number of carbonyl (C=O) groups is 1. The van der Waals surface area contributed by atoms with E-state index in [1.807, 2.05) is 12.1 Å². The number of nitrogens with zero attached hydrogens (tertiary/aromatic N) is 3. The van der Waals surface area contributed by atoms with Gasteiger partial charge in [-0.1, -0.05) is 24.3 Å². The van der Waals surface area contributed by atoms with Crippen LogP contribution in [0.3, 0.4) is 0 Å². The summed E-state index contributed by atoms with van der Waals surface area (Å²) in [6, 6.07) is 8.22. The summed E-state index contributed by atoms with van der Waals surface area (Å²) in [5, 5.41) is 3.02. The van der Waals surface area contributed by atoms with Crippen LogP contribution in [0.25, 0.3) is 0 Å². The maximum Gasteiger partial charge on any atom is 0.223 e. The second-order valence-electron chi connectivity index (χ2n) is 7.24. The summed E-state index contributed by atoms with van der Waals surface area (Å²) in [5.41, 5.74) is 2.24. The van der Waals surface area contributed by atoms with Crippen molar-refractivity contribution < 1.29 is 13.2 Å². The van der Waals surface area contributed by atoms with Crippen molar-refractivity contribution >= 4 is 34.2 Å². The van der Waals surface area contributed by atoms with E-state index in [4.69, 9.17) is 0 Å². The van der Waals surface area contributed by atoms with Crippen LogP contribution in [-0.4, -0.2) is 74.9 Å². The summed E-state index contributed by atoms with van der Waals surface area (Å²) >= 11 is 0. The summed E-state index contributed by atoms with van der Waals surface area (Å²) in [6.45, 7) is 2.56. The summed E-state index contributed by atoms with van der Waals surface area (Å²) in [6.07, 6.45) is 2.45. The lowest BCUT2D eigenvalue weighted by Crippen LogP contribution is -2.35. The monoisotopic (exact) mass is 428 g/mol. The lowest BCUT2D eigenvalue weighted by atomic mass is 10.1. The highest BCUT2D eigenvalue weighted by Crippen LogP contribution is 2.30. The van der Waals surface area contributed by atoms with Crippen LogP contribution in [-0.2, 0) is 21.2 Å². The number of likely N-dealkylation sites (N-methyl/N-ethyl adjacent to an activating group) is 1. The average molecular weight is 429 g/mol. The third-order valence-electron chi connectivity index (χ3n) is 5.08. The molecule has 9 heteroatoms. The Kier molecular flexibility index (Phi) is 7.86. The van der Waals surface area contributed by atoms with Gasteiger partial charge in [-0.05, 0) is 24.8 Å². The van der Waals surface area contributed by atoms with Crippen molar-refractivity contribution in [2.45, 2.75) is 30.9 Å². The number of hydrogen-bond acceptors (Lipinski definition) is 5. The van der Waals surface area contributed by atoms with Crippen LogP contribution < -0.4 is 5.32 Å². The van der Waals surface area contributed by atoms with E-state index in [0.29, 0.717) is 6.54 Å². The molecule has 28 heavy (non-hydrogen) atoms. The molecule has 0 aromatic heterocycles. The smallest absolute Gasteiger partial charge is 0.223 e. The first-order valence-corrected chi connectivity index (χ1v) is 10.9. The quantitative estimate of drug-likeness (QED) is 0.642. The number of rotatable bonds is 9. The van der Waals surface area contributed by atoms with E-state index in [1.54, 1.807) is 19.0 Å². The molecule has 0 atom stereocenters. The van der Waals surface area contributed by atoms with Gasteiger partial charge in [0.15, 0.2) is 0 Å². The number of halogens is 1. The standard InChI is InChI=1S/C19H28N4O3S.ClH/c1-22(18(24)10-14-23(2)27(25,26)17-7-8-17)13-9-15-3-5-16(6-4-15)19-20-11-12-21-19;/h3-6,17H,7-14H2,1-2H3,(H,20,21);1H. The second-order valence-corrected chi connectivity index (χ2v) is 9.56. The predicted molar refractivity (Wildman–Crippen MR) is 114 cm³/mol. The number of carbonyl (C=O) groups excluding carboxylic acids is 1. The van der Waals surface area contributed by atoms with Gasteiger partial charge < -0.3 is 10.2 Å². The molecule has 1 heterocycles. The molecule has 1 aromatic rings. The van der Waals surface area contributed by atoms with Gasteiger partial charge in [0, 0.05) is 45.7 Å². The largest absolute Gasteiger partial charge is 0.368 e. The highest BCUT2D eigenvalue weighted by molar-refractivity contribution is 7.90. The zero-order valence-electron chi connectivity index (χ0n) is 16.4. The van der Waals surface area contributed by atoms with Gasteiger partial charge in [-0.15, -0.1) is 12.4 Å². The first kappa shape index (κ1) is 22.6. The zero-order valence-corrected chi connectivity index (χ0v) is 18.1. The van der Waals surface area contributed by atoms with Crippen molar-refractivity contribution in [1.29, 1.82) is 0 Å². The Morgan fingerprint density at radius 3 is 2.43 bits per heavy atom. The van der Waals surface area contributed by atoms with Crippen LogP contribution in [0.1, 0.15) is 30.4 Å². The molecule has 156 valence electrons. The van der Waals surface area contributed by atoms with E-state index in [0.717, 1.165) is 49.3 Å². The van der Waals surface area contributed by atoms with Gasteiger partial charge in [-0.2, -0.15) is 0 Å². The molecule has 0 radical (unpaired) electrons. The van der Waals surface area contributed by atoms with Crippen LogP contribution >= 0.6 is 12.4 Å². The minimum Gasteiger partial charge on any atom is -0.368 e. The van der Waals surface area contributed by atoms with Gasteiger partial charge >= 0.3 is 0 Å².